The molecule has 0 fully saturated rings. The molecule has 0 aliphatic rings. The number of halogens is 3. The fraction of sp³-hybridized carbons (Fsp3) is 1.00. The van der Waals surface area contributed by atoms with E-state index in [2.05, 4.69) is 0 Å². The van der Waals surface area contributed by atoms with Crippen LogP contribution in [0.5, 0.6) is 0 Å². The molecule has 5 heteroatoms. The molecular formula is C3H9Cl3Si2. The summed E-state index contributed by atoms with van der Waals surface area (Å²) in [5.74, 6) is 0. The summed E-state index contributed by atoms with van der Waals surface area (Å²) in [4.78, 5) is 0. The first kappa shape index (κ1) is 9.30. The predicted octanol–water partition coefficient (Wildman–Crippen LogP) is 3.06. The molecule has 0 radical (unpaired) electrons. The molecule has 0 aromatic carbocycles. The lowest BCUT2D eigenvalue weighted by atomic mass is 11.9. The van der Waals surface area contributed by atoms with Crippen LogP contribution in [0, 0.1) is 0 Å². The van der Waals surface area contributed by atoms with Crippen molar-refractivity contribution >= 4 is 46.3 Å². The molecule has 0 amide bonds. The molecule has 0 aliphatic carbocycles. The van der Waals surface area contributed by atoms with Crippen LogP contribution in [0.2, 0.25) is 19.6 Å². The zero-order chi connectivity index (χ0) is 7.00. The second kappa shape index (κ2) is 2.50. The zero-order valence-corrected chi connectivity index (χ0v) is 9.40. The molecule has 0 heterocycles. The molecule has 0 bridgehead atoms. The Labute approximate surface area is 66.0 Å². The highest BCUT2D eigenvalue weighted by molar-refractivity contribution is 7.82. The van der Waals surface area contributed by atoms with Crippen molar-refractivity contribution in [3.05, 3.63) is 0 Å². The van der Waals surface area contributed by atoms with Crippen molar-refractivity contribution < 1.29 is 0 Å². The Balaban J connectivity index is 4.02. The van der Waals surface area contributed by atoms with Gasteiger partial charge in [-0.3, -0.25) is 0 Å². The van der Waals surface area contributed by atoms with Gasteiger partial charge in [-0.15, -0.1) is 22.2 Å². The van der Waals surface area contributed by atoms with Gasteiger partial charge in [0.05, 0.1) is 0 Å². The molecule has 0 aliphatic heterocycles. The highest BCUT2D eigenvalue weighted by atomic mass is 35.7. The molecule has 0 saturated carbocycles. The Kier molecular flexibility index (Phi) is 2.91. The molecule has 0 N–H and O–H groups in total. The van der Waals surface area contributed by atoms with E-state index in [4.69, 9.17) is 33.2 Å². The van der Waals surface area contributed by atoms with Crippen LogP contribution in [0.1, 0.15) is 0 Å². The normalized spacial score (nSPS) is 14.2. The van der Waals surface area contributed by atoms with Crippen LogP contribution in [-0.4, -0.2) is 13.1 Å². The van der Waals surface area contributed by atoms with E-state index in [1.807, 2.05) is 19.6 Å². The van der Waals surface area contributed by atoms with Crippen molar-refractivity contribution in [2.75, 3.05) is 0 Å². The SMILES string of the molecule is C[Si](C)(Cl)[Si](C)(Cl)Cl. The fourth-order valence-corrected chi connectivity index (χ4v) is 0. The van der Waals surface area contributed by atoms with E-state index in [0.29, 0.717) is 0 Å². The maximum atomic E-state index is 5.95. The van der Waals surface area contributed by atoms with Gasteiger partial charge in [0, 0.05) is 0 Å². The summed E-state index contributed by atoms with van der Waals surface area (Å²) in [6.07, 6.45) is -2.01. The van der Waals surface area contributed by atoms with Crippen LogP contribution in [0.4, 0.5) is 0 Å². The van der Waals surface area contributed by atoms with Gasteiger partial charge >= 0.3 is 0 Å². The third-order valence-electron chi connectivity index (χ3n) is 1.04. The topological polar surface area (TPSA) is 0 Å². The Morgan fingerprint density at radius 1 is 0.875 bits per heavy atom. The van der Waals surface area contributed by atoms with Gasteiger partial charge in [-0.1, -0.05) is 13.1 Å². The van der Waals surface area contributed by atoms with Crippen molar-refractivity contribution in [2.24, 2.45) is 0 Å². The standard InChI is InChI=1S/C3H9Cl3Si2/c1-7(2,4)8(3,5)6/h1-3H3. The summed E-state index contributed by atoms with van der Waals surface area (Å²) in [5, 5.41) is 0. The highest BCUT2D eigenvalue weighted by Crippen LogP contribution is 2.29. The van der Waals surface area contributed by atoms with Crippen LogP contribution >= 0.6 is 33.2 Å². The quantitative estimate of drug-likeness (QED) is 0.458. The first-order chi connectivity index (χ1) is 3.25. The second-order valence-electron chi connectivity index (χ2n) is 2.36. The van der Waals surface area contributed by atoms with Crippen LogP contribution in [0.3, 0.4) is 0 Å². The van der Waals surface area contributed by atoms with Crippen LogP contribution < -0.4 is 0 Å². The first-order valence-electron chi connectivity index (χ1n) is 2.32. The number of hydrogen-bond donors (Lipinski definition) is 0. The molecule has 0 spiro atoms. The minimum absolute atomic E-state index is 1.72. The summed E-state index contributed by atoms with van der Waals surface area (Å²) in [6.45, 7) is 4.10. The zero-order valence-electron chi connectivity index (χ0n) is 5.13. The summed E-state index contributed by atoms with van der Waals surface area (Å²) in [7, 11) is 0. The van der Waals surface area contributed by atoms with Crippen molar-refractivity contribution in [1.29, 1.82) is 0 Å². The van der Waals surface area contributed by atoms with Gasteiger partial charge in [0.1, 0.15) is 0 Å². The Morgan fingerprint density at radius 3 is 1.00 bits per heavy atom. The van der Waals surface area contributed by atoms with Gasteiger partial charge in [-0.25, -0.2) is 0 Å². The highest BCUT2D eigenvalue weighted by Gasteiger charge is 2.41. The summed E-state index contributed by atoms with van der Waals surface area (Å²) in [6, 6.07) is 0. The first-order valence-corrected chi connectivity index (χ1v) is 11.9. The Morgan fingerprint density at radius 2 is 1.00 bits per heavy atom. The largest absolute Gasteiger partial charge is 0.253 e. The van der Waals surface area contributed by atoms with E-state index in [0.717, 1.165) is 0 Å². The lowest BCUT2D eigenvalue weighted by molar-refractivity contribution is 2.01. The van der Waals surface area contributed by atoms with E-state index in [1.54, 1.807) is 0 Å². The lowest BCUT2D eigenvalue weighted by Gasteiger charge is -2.21. The second-order valence-corrected chi connectivity index (χ2v) is 24.6. The van der Waals surface area contributed by atoms with Gasteiger partial charge in [-0.05, 0) is 6.55 Å². The predicted molar refractivity (Wildman–Crippen MR) is 46.7 cm³/mol. The molecule has 0 atom stereocenters. The molecule has 0 rings (SSSR count). The molecule has 50 valence electrons. The molecule has 0 aromatic rings. The van der Waals surface area contributed by atoms with Crippen molar-refractivity contribution in [2.45, 2.75) is 19.6 Å². The van der Waals surface area contributed by atoms with Crippen LogP contribution in [0.25, 0.3) is 0 Å². The van der Waals surface area contributed by atoms with Gasteiger partial charge in [0.15, 0.2) is 6.90 Å². The van der Waals surface area contributed by atoms with Gasteiger partial charge < -0.3 is 0 Å². The smallest absolute Gasteiger partial charge is 0.168 e. The lowest BCUT2D eigenvalue weighted by Crippen LogP contribution is -2.43. The van der Waals surface area contributed by atoms with Gasteiger partial charge in [0.25, 0.3) is 6.21 Å². The average molecular weight is 208 g/mol. The summed E-state index contributed by atoms with van der Waals surface area (Å²) in [5.41, 5.74) is 0. The fourth-order valence-electron chi connectivity index (χ4n) is 0. The van der Waals surface area contributed by atoms with Crippen molar-refractivity contribution in [3.63, 3.8) is 0 Å². The monoisotopic (exact) mass is 206 g/mol. The van der Waals surface area contributed by atoms with E-state index < -0.39 is 13.1 Å². The summed E-state index contributed by atoms with van der Waals surface area (Å²) < 4.78 is 0. The van der Waals surface area contributed by atoms with Crippen LogP contribution in [-0.2, 0) is 0 Å². The van der Waals surface area contributed by atoms with E-state index in [1.165, 1.54) is 0 Å². The maximum Gasteiger partial charge on any atom is 0.253 e. The minimum atomic E-state index is -2.01. The van der Waals surface area contributed by atoms with E-state index in [-0.39, 0.29) is 0 Å². The van der Waals surface area contributed by atoms with Crippen molar-refractivity contribution in [1.82, 2.24) is 0 Å². The number of rotatable bonds is 1. The van der Waals surface area contributed by atoms with E-state index in [9.17, 15) is 0 Å². The molecule has 0 saturated heterocycles. The molecular weight excluding hydrogens is 199 g/mol. The summed E-state index contributed by atoms with van der Waals surface area (Å²) >= 11 is 17.6. The molecule has 0 nitrogen and oxygen atoms in total. The average Bonchev–Trinajstić information content (AvgIpc) is 1.25. The molecule has 0 unspecified atom stereocenters. The van der Waals surface area contributed by atoms with Crippen LogP contribution in [0.15, 0.2) is 0 Å². The third kappa shape index (κ3) is 2.73. The van der Waals surface area contributed by atoms with Gasteiger partial charge in [-0.2, -0.15) is 11.1 Å². The third-order valence-corrected chi connectivity index (χ3v) is 23.0. The van der Waals surface area contributed by atoms with Gasteiger partial charge in [0.2, 0.25) is 0 Å². The molecule has 0 aromatic heterocycles. The Hall–Kier alpha value is 1.30. The number of hydrogen-bond acceptors (Lipinski definition) is 0. The van der Waals surface area contributed by atoms with Crippen molar-refractivity contribution in [3.8, 4) is 0 Å². The minimum Gasteiger partial charge on any atom is -0.168 e. The Bertz CT molecular complexity index is 67.5. The molecule has 8 heavy (non-hydrogen) atoms. The van der Waals surface area contributed by atoms with E-state index >= 15 is 0 Å². The maximum absolute atomic E-state index is 5.95.